The topological polar surface area (TPSA) is 21.3 Å². The van der Waals surface area contributed by atoms with Crippen molar-refractivity contribution in [3.8, 4) is 0 Å². The lowest BCUT2D eigenvalue weighted by molar-refractivity contribution is 0.107. The molecule has 2 heteroatoms. The number of aryl methyl sites for hydroxylation is 2. The molecule has 0 bridgehead atoms. The Morgan fingerprint density at radius 3 is 2.67 bits per heavy atom. The number of benzene rings is 1. The first-order valence-corrected chi connectivity index (χ1v) is 7.13. The fraction of sp³-hybridized carbons (Fsp3) is 0.625. The second-order valence-corrected chi connectivity index (χ2v) is 5.36. The normalized spacial score (nSPS) is 20.0. The monoisotopic (exact) mass is 247 g/mol. The van der Waals surface area contributed by atoms with Gasteiger partial charge < -0.3 is 10.1 Å². The van der Waals surface area contributed by atoms with Crippen molar-refractivity contribution in [3.63, 3.8) is 0 Å². The van der Waals surface area contributed by atoms with Gasteiger partial charge in [-0.1, -0.05) is 24.6 Å². The van der Waals surface area contributed by atoms with E-state index in [9.17, 15) is 0 Å². The summed E-state index contributed by atoms with van der Waals surface area (Å²) >= 11 is 0. The Bertz CT molecular complexity index is 349. The molecule has 1 heterocycles. The number of piperidine rings is 1. The molecule has 100 valence electrons. The predicted octanol–water partition coefficient (Wildman–Crippen LogP) is 3.35. The third-order valence-electron chi connectivity index (χ3n) is 3.91. The molecule has 1 atom stereocenters. The molecule has 1 fully saturated rings. The van der Waals surface area contributed by atoms with Gasteiger partial charge >= 0.3 is 0 Å². The first-order valence-electron chi connectivity index (χ1n) is 7.13. The van der Waals surface area contributed by atoms with Gasteiger partial charge in [0.15, 0.2) is 0 Å². The van der Waals surface area contributed by atoms with Crippen LogP contribution in [0.5, 0.6) is 0 Å². The summed E-state index contributed by atoms with van der Waals surface area (Å²) in [6.45, 7) is 7.13. The summed E-state index contributed by atoms with van der Waals surface area (Å²) in [6, 6.07) is 7.11. The summed E-state index contributed by atoms with van der Waals surface area (Å²) in [7, 11) is 0. The third-order valence-corrected chi connectivity index (χ3v) is 3.91. The lowest BCUT2D eigenvalue weighted by Gasteiger charge is -2.23. The molecule has 1 saturated heterocycles. The van der Waals surface area contributed by atoms with Gasteiger partial charge in [0.05, 0.1) is 6.61 Å². The number of nitrogens with one attached hydrogen (secondary N) is 1. The predicted molar refractivity (Wildman–Crippen MR) is 75.8 cm³/mol. The molecule has 2 rings (SSSR count). The van der Waals surface area contributed by atoms with Crippen LogP contribution in [0, 0.1) is 13.8 Å². The molecular formula is C16H25NO. The average Bonchev–Trinajstić information content (AvgIpc) is 2.38. The van der Waals surface area contributed by atoms with E-state index < -0.39 is 0 Å². The van der Waals surface area contributed by atoms with E-state index in [1.165, 1.54) is 42.5 Å². The van der Waals surface area contributed by atoms with Crippen LogP contribution < -0.4 is 5.32 Å². The van der Waals surface area contributed by atoms with Crippen molar-refractivity contribution < 1.29 is 4.74 Å². The zero-order valence-corrected chi connectivity index (χ0v) is 11.7. The van der Waals surface area contributed by atoms with E-state index in [-0.39, 0.29) is 0 Å². The second kappa shape index (κ2) is 6.91. The van der Waals surface area contributed by atoms with Gasteiger partial charge in [-0.05, 0) is 56.3 Å². The molecule has 1 aliphatic rings. The zero-order valence-electron chi connectivity index (χ0n) is 11.7. The van der Waals surface area contributed by atoms with Crippen molar-refractivity contribution in [2.75, 3.05) is 13.2 Å². The summed E-state index contributed by atoms with van der Waals surface area (Å²) in [5.41, 5.74) is 4.03. The van der Waals surface area contributed by atoms with E-state index in [0.29, 0.717) is 6.04 Å². The summed E-state index contributed by atoms with van der Waals surface area (Å²) in [5.74, 6) is 0. The van der Waals surface area contributed by atoms with E-state index in [1.54, 1.807) is 0 Å². The first-order chi connectivity index (χ1) is 8.77. The number of hydrogen-bond acceptors (Lipinski definition) is 2. The number of ether oxygens (including phenoxy) is 1. The lowest BCUT2D eigenvalue weighted by Crippen LogP contribution is -2.34. The van der Waals surface area contributed by atoms with Gasteiger partial charge in [0.1, 0.15) is 0 Å². The maximum absolute atomic E-state index is 5.84. The molecule has 0 saturated carbocycles. The molecule has 18 heavy (non-hydrogen) atoms. The fourth-order valence-corrected chi connectivity index (χ4v) is 2.65. The highest BCUT2D eigenvalue weighted by molar-refractivity contribution is 5.32. The van der Waals surface area contributed by atoms with Gasteiger partial charge in [0.25, 0.3) is 0 Å². The van der Waals surface area contributed by atoms with Crippen molar-refractivity contribution in [2.24, 2.45) is 0 Å². The third kappa shape index (κ3) is 3.82. The number of hydrogen-bond donors (Lipinski definition) is 1. The summed E-state index contributed by atoms with van der Waals surface area (Å²) < 4.78 is 5.84. The fourth-order valence-electron chi connectivity index (χ4n) is 2.65. The van der Waals surface area contributed by atoms with Gasteiger partial charge in [-0.2, -0.15) is 0 Å². The van der Waals surface area contributed by atoms with Crippen LogP contribution >= 0.6 is 0 Å². The van der Waals surface area contributed by atoms with Crippen molar-refractivity contribution in [3.05, 3.63) is 34.9 Å². The molecule has 0 aliphatic carbocycles. The Labute approximate surface area is 111 Å². The molecule has 1 aromatic rings. The summed E-state index contributed by atoms with van der Waals surface area (Å²) in [4.78, 5) is 0. The minimum absolute atomic E-state index is 0.678. The Kier molecular flexibility index (Phi) is 5.21. The second-order valence-electron chi connectivity index (χ2n) is 5.36. The smallest absolute Gasteiger partial charge is 0.0721 e. The maximum atomic E-state index is 5.84. The van der Waals surface area contributed by atoms with E-state index in [2.05, 4.69) is 37.4 Å². The quantitative estimate of drug-likeness (QED) is 0.806. The van der Waals surface area contributed by atoms with Gasteiger partial charge in [-0.25, -0.2) is 0 Å². The van der Waals surface area contributed by atoms with Crippen LogP contribution in [-0.2, 0) is 11.3 Å². The molecule has 0 amide bonds. The highest BCUT2D eigenvalue weighted by atomic mass is 16.5. The molecule has 0 radical (unpaired) electrons. The van der Waals surface area contributed by atoms with Crippen molar-refractivity contribution in [1.82, 2.24) is 5.32 Å². The van der Waals surface area contributed by atoms with Crippen LogP contribution in [0.2, 0.25) is 0 Å². The summed E-state index contributed by atoms with van der Waals surface area (Å²) in [6.07, 6.45) is 5.16. The molecule has 1 N–H and O–H groups in total. The van der Waals surface area contributed by atoms with Crippen LogP contribution in [0.25, 0.3) is 0 Å². The molecular weight excluding hydrogens is 222 g/mol. The van der Waals surface area contributed by atoms with E-state index in [4.69, 9.17) is 4.74 Å². The maximum Gasteiger partial charge on any atom is 0.0721 e. The lowest BCUT2D eigenvalue weighted by atomic mass is 10.0. The molecule has 1 unspecified atom stereocenters. The van der Waals surface area contributed by atoms with E-state index in [1.807, 2.05) is 0 Å². The van der Waals surface area contributed by atoms with Crippen LogP contribution in [0.3, 0.4) is 0 Å². The average molecular weight is 247 g/mol. The van der Waals surface area contributed by atoms with Crippen LogP contribution in [-0.4, -0.2) is 19.2 Å². The molecule has 0 spiro atoms. The van der Waals surface area contributed by atoms with E-state index >= 15 is 0 Å². The van der Waals surface area contributed by atoms with Crippen LogP contribution in [0.1, 0.15) is 42.4 Å². The summed E-state index contributed by atoms with van der Waals surface area (Å²) in [5, 5.41) is 3.56. The highest BCUT2D eigenvalue weighted by Crippen LogP contribution is 2.15. The molecule has 1 aromatic carbocycles. The Hall–Kier alpha value is -0.860. The largest absolute Gasteiger partial charge is 0.377 e. The molecule has 2 nitrogen and oxygen atoms in total. The van der Waals surface area contributed by atoms with Gasteiger partial charge in [-0.3, -0.25) is 0 Å². The first kappa shape index (κ1) is 13.6. The Balaban J connectivity index is 1.71. The van der Waals surface area contributed by atoms with Crippen molar-refractivity contribution in [1.29, 1.82) is 0 Å². The molecule has 1 aliphatic heterocycles. The highest BCUT2D eigenvalue weighted by Gasteiger charge is 2.11. The van der Waals surface area contributed by atoms with Gasteiger partial charge in [-0.15, -0.1) is 0 Å². The van der Waals surface area contributed by atoms with Crippen molar-refractivity contribution in [2.45, 2.75) is 52.2 Å². The van der Waals surface area contributed by atoms with Gasteiger partial charge in [0, 0.05) is 12.6 Å². The Morgan fingerprint density at radius 2 is 2.00 bits per heavy atom. The number of rotatable bonds is 5. The van der Waals surface area contributed by atoms with Crippen LogP contribution in [0.4, 0.5) is 0 Å². The van der Waals surface area contributed by atoms with Crippen LogP contribution in [0.15, 0.2) is 18.2 Å². The van der Waals surface area contributed by atoms with Gasteiger partial charge in [0.2, 0.25) is 0 Å². The minimum atomic E-state index is 0.678. The zero-order chi connectivity index (χ0) is 12.8. The standard InChI is InChI=1S/C16H25NO/c1-13-6-5-7-14(2)16(13)12-18-11-9-15-8-3-4-10-17-15/h5-7,15,17H,3-4,8-12H2,1-2H3. The Morgan fingerprint density at radius 1 is 1.22 bits per heavy atom. The van der Waals surface area contributed by atoms with E-state index in [0.717, 1.165) is 19.6 Å². The van der Waals surface area contributed by atoms with Crippen molar-refractivity contribution >= 4 is 0 Å². The molecule has 0 aromatic heterocycles. The SMILES string of the molecule is Cc1cccc(C)c1COCCC1CCCCN1. The minimum Gasteiger partial charge on any atom is -0.377 e.